The lowest BCUT2D eigenvalue weighted by Gasteiger charge is -2.38. The number of esters is 1. The normalized spacial score (nSPS) is 43.1. The molecule has 4 aliphatic rings. The Morgan fingerprint density at radius 1 is 1.29 bits per heavy atom. The van der Waals surface area contributed by atoms with Crippen LogP contribution >= 0.6 is 0 Å². The fraction of sp³-hybridized carbons (Fsp3) is 0.929. The van der Waals surface area contributed by atoms with Crippen molar-refractivity contribution in [3.63, 3.8) is 0 Å². The number of carbonyl (C=O) groups is 1. The lowest BCUT2D eigenvalue weighted by Crippen LogP contribution is -2.44. The Morgan fingerprint density at radius 2 is 1.88 bits per heavy atom. The van der Waals surface area contributed by atoms with Gasteiger partial charge in [0.1, 0.15) is 5.54 Å². The Morgan fingerprint density at radius 3 is 2.35 bits per heavy atom. The number of hydrogen-bond donors (Lipinski definition) is 1. The van der Waals surface area contributed by atoms with Crippen molar-refractivity contribution in [2.24, 2.45) is 28.9 Å². The van der Waals surface area contributed by atoms with E-state index in [0.29, 0.717) is 12.0 Å². The summed E-state index contributed by atoms with van der Waals surface area (Å²) in [5.74, 6) is 2.52. The topological polar surface area (TPSA) is 52.3 Å². The van der Waals surface area contributed by atoms with Gasteiger partial charge in [0, 0.05) is 5.41 Å². The third-order valence-electron chi connectivity index (χ3n) is 5.09. The van der Waals surface area contributed by atoms with E-state index in [0.717, 1.165) is 17.8 Å². The van der Waals surface area contributed by atoms with Crippen LogP contribution in [0, 0.1) is 23.2 Å². The van der Waals surface area contributed by atoms with Crippen LogP contribution in [0.3, 0.4) is 0 Å². The predicted octanol–water partition coefficient (Wildman–Crippen LogP) is 2.09. The van der Waals surface area contributed by atoms with Crippen molar-refractivity contribution in [1.82, 2.24) is 0 Å². The van der Waals surface area contributed by atoms with Crippen LogP contribution in [0.1, 0.15) is 46.0 Å². The van der Waals surface area contributed by atoms with E-state index < -0.39 is 5.54 Å². The molecule has 4 aliphatic carbocycles. The molecule has 2 N–H and O–H groups in total. The van der Waals surface area contributed by atoms with Gasteiger partial charge in [0.15, 0.2) is 0 Å². The van der Waals surface area contributed by atoms with Gasteiger partial charge >= 0.3 is 5.97 Å². The van der Waals surface area contributed by atoms with Crippen LogP contribution in [0.5, 0.6) is 0 Å². The maximum Gasteiger partial charge on any atom is 0.325 e. The molecular formula is C14H23NO2. The quantitative estimate of drug-likeness (QED) is 0.765. The number of ether oxygens (including phenoxy) is 1. The van der Waals surface area contributed by atoms with E-state index in [-0.39, 0.29) is 5.97 Å². The second kappa shape index (κ2) is 3.47. The molecule has 0 aliphatic heterocycles. The first-order chi connectivity index (χ1) is 7.88. The van der Waals surface area contributed by atoms with Crippen molar-refractivity contribution in [3.8, 4) is 0 Å². The van der Waals surface area contributed by atoms with Crippen LogP contribution in [0.15, 0.2) is 0 Å². The van der Waals surface area contributed by atoms with Crippen LogP contribution in [0.25, 0.3) is 0 Å². The summed E-state index contributed by atoms with van der Waals surface area (Å²) < 4.78 is 5.47. The lowest BCUT2D eigenvalue weighted by molar-refractivity contribution is -0.153. The molecule has 4 atom stereocenters. The molecule has 4 saturated carbocycles. The third kappa shape index (κ3) is 1.88. The molecule has 0 heterocycles. The van der Waals surface area contributed by atoms with Gasteiger partial charge in [0.05, 0.1) is 6.61 Å². The van der Waals surface area contributed by atoms with E-state index in [1.54, 1.807) is 13.8 Å². The van der Waals surface area contributed by atoms with Gasteiger partial charge in [0.2, 0.25) is 0 Å². The van der Waals surface area contributed by atoms with Crippen LogP contribution in [0.4, 0.5) is 0 Å². The van der Waals surface area contributed by atoms with Gasteiger partial charge < -0.3 is 10.5 Å². The first-order valence-corrected chi connectivity index (χ1v) is 6.84. The third-order valence-corrected chi connectivity index (χ3v) is 5.09. The predicted molar refractivity (Wildman–Crippen MR) is 65.2 cm³/mol. The van der Waals surface area contributed by atoms with Crippen molar-refractivity contribution in [3.05, 3.63) is 0 Å². The summed E-state index contributed by atoms with van der Waals surface area (Å²) in [6.45, 7) is 4.03. The molecule has 4 rings (SSSR count). The van der Waals surface area contributed by atoms with Gasteiger partial charge in [-0.05, 0) is 63.7 Å². The highest BCUT2D eigenvalue weighted by molar-refractivity contribution is 5.79. The highest BCUT2D eigenvalue weighted by atomic mass is 16.5. The molecule has 0 aromatic rings. The molecule has 3 nitrogen and oxygen atoms in total. The molecule has 0 aromatic carbocycles. The fourth-order valence-electron chi connectivity index (χ4n) is 4.56. The van der Waals surface area contributed by atoms with Gasteiger partial charge in [-0.1, -0.05) is 0 Å². The maximum absolute atomic E-state index is 11.7. The average molecular weight is 237 g/mol. The number of rotatable bonds is 3. The molecule has 0 amide bonds. The Hall–Kier alpha value is -0.570. The van der Waals surface area contributed by atoms with Crippen molar-refractivity contribution < 1.29 is 9.53 Å². The monoisotopic (exact) mass is 237 g/mol. The van der Waals surface area contributed by atoms with Gasteiger partial charge in [-0.15, -0.1) is 0 Å². The van der Waals surface area contributed by atoms with E-state index in [1.807, 2.05) is 0 Å². The minimum atomic E-state index is -0.855. The summed E-state index contributed by atoms with van der Waals surface area (Å²) in [4.78, 5) is 11.7. The van der Waals surface area contributed by atoms with Gasteiger partial charge in [-0.2, -0.15) is 0 Å². The van der Waals surface area contributed by atoms with E-state index in [2.05, 4.69) is 0 Å². The lowest BCUT2D eigenvalue weighted by atomic mass is 9.70. The van der Waals surface area contributed by atoms with E-state index in [1.165, 1.54) is 32.1 Å². The molecule has 96 valence electrons. The van der Waals surface area contributed by atoms with Crippen LogP contribution in [0.2, 0.25) is 0 Å². The van der Waals surface area contributed by atoms with Crippen molar-refractivity contribution in [1.29, 1.82) is 0 Å². The maximum atomic E-state index is 11.7. The second-order valence-corrected chi connectivity index (χ2v) is 7.27. The SMILES string of the molecule is CC(C)(N)C(=O)OCC12CC3CC(C1)[C@@H](C3)C2. The zero-order valence-electron chi connectivity index (χ0n) is 10.9. The summed E-state index contributed by atoms with van der Waals surface area (Å²) in [5.41, 5.74) is 5.21. The summed E-state index contributed by atoms with van der Waals surface area (Å²) in [6, 6.07) is 0. The van der Waals surface area contributed by atoms with Gasteiger partial charge in [0.25, 0.3) is 0 Å². The average Bonchev–Trinajstić information content (AvgIpc) is 2.62. The van der Waals surface area contributed by atoms with E-state index in [9.17, 15) is 4.79 Å². The number of hydrogen-bond acceptors (Lipinski definition) is 3. The Balaban J connectivity index is 1.62. The summed E-state index contributed by atoms with van der Waals surface area (Å²) in [5, 5.41) is 0. The van der Waals surface area contributed by atoms with E-state index in [4.69, 9.17) is 10.5 Å². The minimum Gasteiger partial charge on any atom is -0.464 e. The van der Waals surface area contributed by atoms with Crippen molar-refractivity contribution in [2.75, 3.05) is 6.61 Å². The molecule has 3 unspecified atom stereocenters. The first kappa shape index (κ1) is 11.5. The molecule has 0 aromatic heterocycles. The molecule has 0 spiro atoms. The number of carbonyl (C=O) groups excluding carboxylic acids is 1. The molecule has 4 bridgehead atoms. The van der Waals surface area contributed by atoms with Crippen LogP contribution < -0.4 is 5.73 Å². The summed E-state index contributed by atoms with van der Waals surface area (Å²) in [7, 11) is 0. The molecule has 3 heteroatoms. The summed E-state index contributed by atoms with van der Waals surface area (Å²) in [6.07, 6.45) is 6.71. The fourth-order valence-corrected chi connectivity index (χ4v) is 4.56. The highest BCUT2D eigenvalue weighted by Crippen LogP contribution is 2.64. The second-order valence-electron chi connectivity index (χ2n) is 7.27. The highest BCUT2D eigenvalue weighted by Gasteiger charge is 2.56. The van der Waals surface area contributed by atoms with E-state index >= 15 is 0 Å². The Bertz CT molecular complexity index is 325. The van der Waals surface area contributed by atoms with Crippen LogP contribution in [-0.4, -0.2) is 18.1 Å². The standard InChI is InChI=1S/C14H23NO2/c1-13(2,15)12(16)17-8-14-5-9-3-10(6-14)11(4-9)7-14/h9-11H,3-8,15H2,1-2H3/t9?,10-,11?,14?/m0/s1. The molecule has 4 fully saturated rings. The van der Waals surface area contributed by atoms with Gasteiger partial charge in [-0.25, -0.2) is 0 Å². The zero-order valence-corrected chi connectivity index (χ0v) is 10.9. The Labute approximate surface area is 103 Å². The molecule has 0 saturated heterocycles. The summed E-state index contributed by atoms with van der Waals surface area (Å²) >= 11 is 0. The van der Waals surface area contributed by atoms with Crippen molar-refractivity contribution >= 4 is 5.97 Å². The van der Waals surface area contributed by atoms with Gasteiger partial charge in [-0.3, -0.25) is 4.79 Å². The first-order valence-electron chi connectivity index (χ1n) is 6.84. The van der Waals surface area contributed by atoms with Crippen LogP contribution in [-0.2, 0) is 9.53 Å². The molecule has 0 radical (unpaired) electrons. The number of nitrogens with two attached hydrogens (primary N) is 1. The largest absolute Gasteiger partial charge is 0.464 e. The van der Waals surface area contributed by atoms with Crippen molar-refractivity contribution in [2.45, 2.75) is 51.5 Å². The Kier molecular flexibility index (Phi) is 2.35. The zero-order chi connectivity index (χ0) is 12.3. The smallest absolute Gasteiger partial charge is 0.325 e. The minimum absolute atomic E-state index is 0.255. The molecular weight excluding hydrogens is 214 g/mol. The molecule has 17 heavy (non-hydrogen) atoms.